The molecule has 0 radical (unpaired) electrons. The zero-order chi connectivity index (χ0) is 18.7. The number of rotatable bonds is 4. The van der Waals surface area contributed by atoms with Crippen LogP contribution in [0.15, 0.2) is 58.5 Å². The number of thiocarbonyl (C=S) groups is 1. The first-order chi connectivity index (χ1) is 12.5. The van der Waals surface area contributed by atoms with Crippen LogP contribution in [0.5, 0.6) is 0 Å². The van der Waals surface area contributed by atoms with Crippen molar-refractivity contribution in [2.75, 3.05) is 0 Å². The first kappa shape index (κ1) is 17.9. The van der Waals surface area contributed by atoms with Gasteiger partial charge >= 0.3 is 0 Å². The van der Waals surface area contributed by atoms with Crippen molar-refractivity contribution in [3.05, 3.63) is 80.5 Å². The smallest absolute Gasteiger partial charge is 0.266 e. The molecule has 1 amide bonds. The molecular weight excluding hydrogens is 377 g/mol. The minimum absolute atomic E-state index is 0.0411. The molecule has 9 heteroatoms. The molecule has 0 atom stereocenters. The monoisotopic (exact) mass is 387 g/mol. The van der Waals surface area contributed by atoms with E-state index in [1.54, 1.807) is 18.2 Å². The van der Waals surface area contributed by atoms with Crippen LogP contribution in [0.1, 0.15) is 11.1 Å². The van der Waals surface area contributed by atoms with E-state index in [0.717, 1.165) is 16.8 Å². The summed E-state index contributed by atoms with van der Waals surface area (Å²) in [6, 6.07) is 11.8. The van der Waals surface area contributed by atoms with E-state index >= 15 is 0 Å². The van der Waals surface area contributed by atoms with Gasteiger partial charge in [-0.3, -0.25) is 14.9 Å². The second-order valence-electron chi connectivity index (χ2n) is 5.11. The Hall–Kier alpha value is -2.91. The molecule has 3 rings (SSSR count). The molecule has 0 saturated carbocycles. The zero-order valence-electron chi connectivity index (χ0n) is 13.0. The van der Waals surface area contributed by atoms with E-state index in [9.17, 15) is 19.3 Å². The van der Waals surface area contributed by atoms with E-state index in [1.165, 1.54) is 42.6 Å². The molecule has 0 aromatic heterocycles. The molecule has 0 spiro atoms. The molecule has 1 fully saturated rings. The van der Waals surface area contributed by atoms with E-state index in [0.29, 0.717) is 5.56 Å². The van der Waals surface area contributed by atoms with Crippen LogP contribution < -0.4 is 0 Å². The summed E-state index contributed by atoms with van der Waals surface area (Å²) in [7, 11) is 0. The van der Waals surface area contributed by atoms with Crippen molar-refractivity contribution in [3.8, 4) is 0 Å². The van der Waals surface area contributed by atoms with Crippen molar-refractivity contribution >= 4 is 52.2 Å². The number of hydrogen-bond donors (Lipinski definition) is 0. The molecule has 0 bridgehead atoms. The van der Waals surface area contributed by atoms with Crippen molar-refractivity contribution < 1.29 is 14.1 Å². The fraction of sp³-hybridized carbons (Fsp3) is 0. The Kier molecular flexibility index (Phi) is 5.19. The fourth-order valence-corrected chi connectivity index (χ4v) is 3.26. The Morgan fingerprint density at radius 1 is 1.19 bits per heavy atom. The van der Waals surface area contributed by atoms with E-state index in [1.807, 2.05) is 0 Å². The zero-order valence-corrected chi connectivity index (χ0v) is 14.7. The number of non-ortho nitro benzene ring substituents is 1. The van der Waals surface area contributed by atoms with Gasteiger partial charge < -0.3 is 0 Å². The molecule has 0 N–H and O–H groups in total. The Morgan fingerprint density at radius 3 is 2.54 bits per heavy atom. The van der Waals surface area contributed by atoms with Gasteiger partial charge in [0.1, 0.15) is 5.82 Å². The van der Waals surface area contributed by atoms with Gasteiger partial charge in [0.15, 0.2) is 4.32 Å². The number of amides is 1. The standard InChI is InChI=1S/C17H10FN3O3S2/c18-14-4-2-1-3-12(14)9-15-16(22)20(17(25)26-15)19-10-11-5-7-13(8-6-11)21(23)24/h1-10H/b15-9+,19-10+. The average Bonchev–Trinajstić information content (AvgIpc) is 2.89. The van der Waals surface area contributed by atoms with Crippen LogP contribution in [0.4, 0.5) is 10.1 Å². The molecule has 0 aliphatic carbocycles. The third kappa shape index (κ3) is 3.84. The number of thioether (sulfide) groups is 1. The van der Waals surface area contributed by atoms with Crippen LogP contribution in [0.25, 0.3) is 6.08 Å². The summed E-state index contributed by atoms with van der Waals surface area (Å²) in [5.74, 6) is -0.895. The molecule has 26 heavy (non-hydrogen) atoms. The molecule has 2 aromatic carbocycles. The maximum atomic E-state index is 13.7. The number of benzene rings is 2. The van der Waals surface area contributed by atoms with Crippen molar-refractivity contribution in [1.82, 2.24) is 5.01 Å². The first-order valence-corrected chi connectivity index (χ1v) is 8.49. The quantitative estimate of drug-likeness (QED) is 0.261. The molecule has 0 unspecified atom stereocenters. The molecule has 130 valence electrons. The average molecular weight is 387 g/mol. The highest BCUT2D eigenvalue weighted by Crippen LogP contribution is 2.33. The second kappa shape index (κ2) is 7.54. The summed E-state index contributed by atoms with van der Waals surface area (Å²) < 4.78 is 14.0. The van der Waals surface area contributed by atoms with Crippen molar-refractivity contribution in [1.29, 1.82) is 0 Å². The van der Waals surface area contributed by atoms with Gasteiger partial charge in [0, 0.05) is 17.7 Å². The molecule has 1 aliphatic rings. The normalized spacial score (nSPS) is 16.0. The Labute approximate surface area is 157 Å². The number of hydrazone groups is 1. The lowest BCUT2D eigenvalue weighted by Gasteiger charge is -2.06. The Balaban J connectivity index is 1.79. The van der Waals surface area contributed by atoms with Gasteiger partial charge in [-0.2, -0.15) is 10.1 Å². The van der Waals surface area contributed by atoms with Gasteiger partial charge in [-0.15, -0.1) is 0 Å². The molecule has 6 nitrogen and oxygen atoms in total. The number of hydrogen-bond acceptors (Lipinski definition) is 6. The van der Waals surface area contributed by atoms with E-state index in [4.69, 9.17) is 12.2 Å². The van der Waals surface area contributed by atoms with Crippen molar-refractivity contribution in [2.45, 2.75) is 0 Å². The van der Waals surface area contributed by atoms with E-state index < -0.39 is 16.6 Å². The number of nitro groups is 1. The van der Waals surface area contributed by atoms with Gasteiger partial charge in [-0.05, 0) is 42.1 Å². The summed E-state index contributed by atoms with van der Waals surface area (Å²) in [4.78, 5) is 22.8. The van der Waals surface area contributed by atoms with Crippen LogP contribution in [-0.2, 0) is 4.79 Å². The minimum atomic E-state index is -0.504. The highest BCUT2D eigenvalue weighted by atomic mass is 32.2. The largest absolute Gasteiger partial charge is 0.286 e. The summed E-state index contributed by atoms with van der Waals surface area (Å²) in [6.45, 7) is 0. The lowest BCUT2D eigenvalue weighted by Crippen LogP contribution is -2.22. The van der Waals surface area contributed by atoms with E-state index in [-0.39, 0.29) is 20.5 Å². The summed E-state index contributed by atoms with van der Waals surface area (Å²) in [6.07, 6.45) is 2.80. The maximum Gasteiger partial charge on any atom is 0.286 e. The number of nitro benzene ring substituents is 1. The lowest BCUT2D eigenvalue weighted by atomic mass is 10.2. The van der Waals surface area contributed by atoms with Gasteiger partial charge in [0.2, 0.25) is 0 Å². The Bertz CT molecular complexity index is 958. The predicted octanol–water partition coefficient (Wildman–Crippen LogP) is 3.97. The Morgan fingerprint density at radius 2 is 1.88 bits per heavy atom. The topological polar surface area (TPSA) is 75.8 Å². The van der Waals surface area contributed by atoms with Gasteiger partial charge in [0.25, 0.3) is 11.6 Å². The number of halogens is 1. The lowest BCUT2D eigenvalue weighted by molar-refractivity contribution is -0.384. The third-order valence-corrected chi connectivity index (χ3v) is 4.67. The number of nitrogens with zero attached hydrogens (tertiary/aromatic N) is 3. The SMILES string of the molecule is O=C1/C(=C\c2ccccc2F)SC(=S)N1/N=C/c1ccc([N+](=O)[O-])cc1. The van der Waals surface area contributed by atoms with Crippen LogP contribution in [-0.4, -0.2) is 26.4 Å². The summed E-state index contributed by atoms with van der Waals surface area (Å²) >= 11 is 6.17. The highest BCUT2D eigenvalue weighted by Gasteiger charge is 2.32. The maximum absolute atomic E-state index is 13.7. The summed E-state index contributed by atoms with van der Waals surface area (Å²) in [5.41, 5.74) is 0.815. The van der Waals surface area contributed by atoms with E-state index in [2.05, 4.69) is 5.10 Å². The summed E-state index contributed by atoms with van der Waals surface area (Å²) in [5, 5.41) is 15.7. The molecule has 1 aliphatic heterocycles. The number of carbonyl (C=O) groups is 1. The van der Waals surface area contributed by atoms with Crippen LogP contribution in [0.3, 0.4) is 0 Å². The van der Waals surface area contributed by atoms with Gasteiger partial charge in [-0.25, -0.2) is 4.39 Å². The minimum Gasteiger partial charge on any atom is -0.266 e. The molecule has 2 aromatic rings. The molecular formula is C17H10FN3O3S2. The first-order valence-electron chi connectivity index (χ1n) is 7.26. The van der Waals surface area contributed by atoms with Crippen LogP contribution in [0.2, 0.25) is 0 Å². The molecule has 1 heterocycles. The predicted molar refractivity (Wildman–Crippen MR) is 102 cm³/mol. The highest BCUT2D eigenvalue weighted by molar-refractivity contribution is 8.26. The van der Waals surface area contributed by atoms with Crippen molar-refractivity contribution in [2.24, 2.45) is 5.10 Å². The second-order valence-corrected chi connectivity index (χ2v) is 6.78. The van der Waals surface area contributed by atoms with Gasteiger partial charge in [-0.1, -0.05) is 30.0 Å². The number of carbonyl (C=O) groups excluding carboxylic acids is 1. The third-order valence-electron chi connectivity index (χ3n) is 3.39. The van der Waals surface area contributed by atoms with Crippen molar-refractivity contribution in [3.63, 3.8) is 0 Å². The van der Waals surface area contributed by atoms with Crippen LogP contribution in [0, 0.1) is 15.9 Å². The van der Waals surface area contributed by atoms with Gasteiger partial charge in [0.05, 0.1) is 16.0 Å². The van der Waals surface area contributed by atoms with Crippen LogP contribution >= 0.6 is 24.0 Å². The fourth-order valence-electron chi connectivity index (χ4n) is 2.10. The molecule has 1 saturated heterocycles.